The molecule has 0 radical (unpaired) electrons. The first-order chi connectivity index (χ1) is 9.26. The average molecular weight is 256 g/mol. The third-order valence-corrected chi connectivity index (χ3v) is 3.02. The topological polar surface area (TPSA) is 81.8 Å². The Kier molecular flexibility index (Phi) is 4.26. The molecule has 1 heterocycles. The normalized spacial score (nSPS) is 12.1. The van der Waals surface area contributed by atoms with Gasteiger partial charge in [0.2, 0.25) is 0 Å². The summed E-state index contributed by atoms with van der Waals surface area (Å²) in [6.45, 7) is 2.90. The summed E-state index contributed by atoms with van der Waals surface area (Å²) in [5.74, 6) is 0.323. The van der Waals surface area contributed by atoms with Crippen LogP contribution in [0.3, 0.4) is 0 Å². The van der Waals surface area contributed by atoms with Gasteiger partial charge in [-0.15, -0.1) is 10.2 Å². The smallest absolute Gasteiger partial charge is 0.186 e. The summed E-state index contributed by atoms with van der Waals surface area (Å²) in [5, 5.41) is 30.1. The van der Waals surface area contributed by atoms with E-state index in [0.717, 1.165) is 23.0 Å². The van der Waals surface area contributed by atoms with E-state index in [1.54, 1.807) is 0 Å². The molecule has 0 amide bonds. The molecule has 0 aliphatic rings. The number of nitriles is 1. The van der Waals surface area contributed by atoms with Gasteiger partial charge in [0.15, 0.2) is 5.69 Å². The van der Waals surface area contributed by atoms with Crippen molar-refractivity contribution >= 4 is 16.6 Å². The molecular formula is C14H16N4O. The van der Waals surface area contributed by atoms with Gasteiger partial charge in [-0.05, 0) is 18.4 Å². The number of rotatable bonds is 5. The van der Waals surface area contributed by atoms with Crippen LogP contribution in [0.4, 0.5) is 5.69 Å². The highest BCUT2D eigenvalue weighted by atomic mass is 16.3. The molecule has 0 aliphatic heterocycles. The van der Waals surface area contributed by atoms with Crippen molar-refractivity contribution in [1.29, 1.82) is 5.26 Å². The highest BCUT2D eigenvalue weighted by Crippen LogP contribution is 2.24. The van der Waals surface area contributed by atoms with Crippen LogP contribution in [0.2, 0.25) is 0 Å². The van der Waals surface area contributed by atoms with Gasteiger partial charge < -0.3 is 10.4 Å². The Morgan fingerprint density at radius 1 is 1.37 bits per heavy atom. The van der Waals surface area contributed by atoms with Crippen molar-refractivity contribution in [2.75, 3.05) is 18.5 Å². The second-order valence-corrected chi connectivity index (χ2v) is 4.55. The molecule has 0 aliphatic carbocycles. The molecule has 1 aromatic heterocycles. The lowest BCUT2D eigenvalue weighted by Gasteiger charge is -2.14. The van der Waals surface area contributed by atoms with Gasteiger partial charge in [0.25, 0.3) is 0 Å². The molecule has 2 N–H and O–H groups in total. The van der Waals surface area contributed by atoms with Crippen LogP contribution in [0.1, 0.15) is 19.0 Å². The van der Waals surface area contributed by atoms with Gasteiger partial charge in [-0.1, -0.05) is 25.1 Å². The number of aliphatic hydroxyl groups is 1. The number of hydrogen-bond acceptors (Lipinski definition) is 5. The number of aliphatic hydroxyl groups excluding tert-OH is 1. The molecular weight excluding hydrogens is 240 g/mol. The van der Waals surface area contributed by atoms with E-state index in [9.17, 15) is 0 Å². The lowest BCUT2D eigenvalue weighted by molar-refractivity contribution is 0.266. The van der Waals surface area contributed by atoms with Crippen molar-refractivity contribution in [2.45, 2.75) is 13.3 Å². The summed E-state index contributed by atoms with van der Waals surface area (Å²) in [6.07, 6.45) is 0.728. The van der Waals surface area contributed by atoms with Crippen LogP contribution in [0.5, 0.6) is 0 Å². The first-order valence-electron chi connectivity index (χ1n) is 6.26. The van der Waals surface area contributed by atoms with Crippen molar-refractivity contribution in [3.05, 3.63) is 30.0 Å². The average Bonchev–Trinajstić information content (AvgIpc) is 2.44. The molecule has 2 aromatic rings. The molecule has 0 saturated heterocycles. The molecule has 0 saturated carbocycles. The lowest BCUT2D eigenvalue weighted by Crippen LogP contribution is -2.14. The fraction of sp³-hybridized carbons (Fsp3) is 0.357. The summed E-state index contributed by atoms with van der Waals surface area (Å²) < 4.78 is 0. The van der Waals surface area contributed by atoms with Gasteiger partial charge >= 0.3 is 0 Å². The Morgan fingerprint density at radius 2 is 2.16 bits per heavy atom. The van der Waals surface area contributed by atoms with Crippen molar-refractivity contribution in [2.24, 2.45) is 5.92 Å². The largest absolute Gasteiger partial charge is 0.396 e. The molecule has 1 atom stereocenters. The van der Waals surface area contributed by atoms with Crippen LogP contribution in [0.15, 0.2) is 24.3 Å². The maximum absolute atomic E-state index is 9.11. The molecule has 0 spiro atoms. The Bertz CT molecular complexity index is 606. The number of hydrogen-bond donors (Lipinski definition) is 2. The summed E-state index contributed by atoms with van der Waals surface area (Å²) in [6, 6.07) is 9.65. The molecule has 19 heavy (non-hydrogen) atoms. The minimum Gasteiger partial charge on any atom is -0.396 e. The zero-order valence-electron chi connectivity index (χ0n) is 10.8. The number of anilines is 1. The first kappa shape index (κ1) is 13.2. The number of nitrogens with zero attached hydrogens (tertiary/aromatic N) is 3. The Morgan fingerprint density at radius 3 is 2.89 bits per heavy atom. The molecule has 5 heteroatoms. The summed E-state index contributed by atoms with van der Waals surface area (Å²) in [7, 11) is 0. The van der Waals surface area contributed by atoms with Crippen molar-refractivity contribution in [1.82, 2.24) is 10.2 Å². The summed E-state index contributed by atoms with van der Waals surface area (Å²) >= 11 is 0. The predicted molar refractivity (Wildman–Crippen MR) is 73.6 cm³/mol. The van der Waals surface area contributed by atoms with Crippen LogP contribution in [0, 0.1) is 17.2 Å². The zero-order valence-corrected chi connectivity index (χ0v) is 10.8. The second-order valence-electron chi connectivity index (χ2n) is 4.55. The van der Waals surface area contributed by atoms with Gasteiger partial charge in [-0.2, -0.15) is 5.26 Å². The zero-order chi connectivity index (χ0) is 13.7. The third kappa shape index (κ3) is 2.98. The van der Waals surface area contributed by atoms with Crippen LogP contribution < -0.4 is 5.32 Å². The SMILES string of the molecule is CC(CCO)CNc1c(C#N)nnc2ccccc12. The number of fused-ring (bicyclic) bond motifs is 1. The predicted octanol–water partition coefficient (Wildman–Crippen LogP) is 1.93. The van der Waals surface area contributed by atoms with Crippen LogP contribution >= 0.6 is 0 Å². The Balaban J connectivity index is 2.32. The van der Waals surface area contributed by atoms with Crippen molar-refractivity contribution in [3.8, 4) is 6.07 Å². The van der Waals surface area contributed by atoms with Gasteiger partial charge in [0, 0.05) is 18.5 Å². The lowest BCUT2D eigenvalue weighted by atomic mass is 10.1. The monoisotopic (exact) mass is 256 g/mol. The van der Waals surface area contributed by atoms with Crippen LogP contribution in [0.25, 0.3) is 10.9 Å². The van der Waals surface area contributed by atoms with E-state index in [2.05, 4.69) is 21.6 Å². The van der Waals surface area contributed by atoms with E-state index in [0.29, 0.717) is 18.2 Å². The van der Waals surface area contributed by atoms with Crippen LogP contribution in [-0.4, -0.2) is 28.5 Å². The molecule has 1 aromatic carbocycles. The maximum Gasteiger partial charge on any atom is 0.186 e. The van der Waals surface area contributed by atoms with Gasteiger partial charge in [0.05, 0.1) is 11.2 Å². The minimum absolute atomic E-state index is 0.170. The quantitative estimate of drug-likeness (QED) is 0.854. The number of benzene rings is 1. The fourth-order valence-electron chi connectivity index (χ4n) is 1.91. The first-order valence-corrected chi connectivity index (χ1v) is 6.26. The second kappa shape index (κ2) is 6.12. The molecule has 2 rings (SSSR count). The van der Waals surface area contributed by atoms with Gasteiger partial charge in [-0.25, -0.2) is 0 Å². The van der Waals surface area contributed by atoms with Gasteiger partial charge in [0.1, 0.15) is 6.07 Å². The number of aromatic nitrogens is 2. The van der Waals surface area contributed by atoms with E-state index < -0.39 is 0 Å². The van der Waals surface area contributed by atoms with E-state index in [4.69, 9.17) is 10.4 Å². The Hall–Kier alpha value is -2.19. The van der Waals surface area contributed by atoms with Crippen molar-refractivity contribution < 1.29 is 5.11 Å². The number of nitrogens with one attached hydrogen (secondary N) is 1. The van der Waals surface area contributed by atoms with Gasteiger partial charge in [-0.3, -0.25) is 0 Å². The summed E-state index contributed by atoms with van der Waals surface area (Å²) in [4.78, 5) is 0. The van der Waals surface area contributed by atoms with E-state index in [-0.39, 0.29) is 6.61 Å². The standard InChI is InChI=1S/C14H16N4O/c1-10(6-7-19)9-16-14-11-4-2-3-5-12(11)17-18-13(14)8-15/h2-5,10,19H,6-7,9H2,1H3,(H,16,17). The van der Waals surface area contributed by atoms with E-state index >= 15 is 0 Å². The van der Waals surface area contributed by atoms with Crippen molar-refractivity contribution in [3.63, 3.8) is 0 Å². The molecule has 5 nitrogen and oxygen atoms in total. The molecule has 0 bridgehead atoms. The minimum atomic E-state index is 0.170. The van der Waals surface area contributed by atoms with Crippen LogP contribution in [-0.2, 0) is 0 Å². The summed E-state index contributed by atoms with van der Waals surface area (Å²) in [5.41, 5.74) is 1.78. The fourth-order valence-corrected chi connectivity index (χ4v) is 1.91. The Labute approximate surface area is 111 Å². The molecule has 98 valence electrons. The highest BCUT2D eigenvalue weighted by molar-refractivity contribution is 5.92. The maximum atomic E-state index is 9.11. The molecule has 1 unspecified atom stereocenters. The molecule has 0 fully saturated rings. The van der Waals surface area contributed by atoms with E-state index in [1.807, 2.05) is 31.2 Å². The van der Waals surface area contributed by atoms with E-state index in [1.165, 1.54) is 0 Å². The highest BCUT2D eigenvalue weighted by Gasteiger charge is 2.11. The third-order valence-electron chi connectivity index (χ3n) is 3.02.